The van der Waals surface area contributed by atoms with Crippen LogP contribution in [0, 0.1) is 11.3 Å². The Balaban J connectivity index is 3.11. The van der Waals surface area contributed by atoms with Crippen LogP contribution in [0.1, 0.15) is 12.0 Å². The molecule has 1 aromatic carbocycles. The Labute approximate surface area is 110 Å². The largest absolute Gasteiger partial charge is 0.480 e. The molecular weight excluding hydrogens is 272 g/mol. The van der Waals surface area contributed by atoms with Gasteiger partial charge in [0, 0.05) is 6.61 Å². The van der Waals surface area contributed by atoms with E-state index in [4.69, 9.17) is 15.5 Å². The maximum atomic E-state index is 12.0. The van der Waals surface area contributed by atoms with Crippen molar-refractivity contribution in [3.63, 3.8) is 0 Å². The third-order valence-corrected chi connectivity index (χ3v) is 3.84. The zero-order chi connectivity index (χ0) is 14.5. The molecule has 8 heteroatoms. The van der Waals surface area contributed by atoms with Crippen LogP contribution in [0.2, 0.25) is 0 Å². The van der Waals surface area contributed by atoms with Crippen LogP contribution < -0.4 is 4.72 Å². The Morgan fingerprint density at radius 2 is 2.05 bits per heavy atom. The van der Waals surface area contributed by atoms with E-state index in [0.717, 1.165) is 0 Å². The van der Waals surface area contributed by atoms with Gasteiger partial charge in [-0.25, -0.2) is 8.42 Å². The van der Waals surface area contributed by atoms with Gasteiger partial charge in [0.05, 0.1) is 10.5 Å². The van der Waals surface area contributed by atoms with Crippen LogP contribution in [-0.4, -0.2) is 37.2 Å². The second-order valence-electron chi connectivity index (χ2n) is 3.63. The predicted octanol–water partition coefficient (Wildman–Crippen LogP) is -0.328. The number of carboxylic acids is 1. The summed E-state index contributed by atoms with van der Waals surface area (Å²) in [5.74, 6) is -1.40. The van der Waals surface area contributed by atoms with Gasteiger partial charge >= 0.3 is 5.97 Å². The molecule has 1 aromatic rings. The summed E-state index contributed by atoms with van der Waals surface area (Å²) in [6.07, 6.45) is -0.261. The summed E-state index contributed by atoms with van der Waals surface area (Å²) in [5.41, 5.74) is -0.0804. The number of nitriles is 1. The molecule has 0 saturated carbocycles. The fraction of sp³-hybridized carbons (Fsp3) is 0.273. The number of benzene rings is 1. The number of sulfonamides is 1. The number of hydrogen-bond acceptors (Lipinski definition) is 5. The summed E-state index contributed by atoms with van der Waals surface area (Å²) < 4.78 is 25.9. The van der Waals surface area contributed by atoms with Crippen LogP contribution in [-0.2, 0) is 14.8 Å². The number of aliphatic hydroxyl groups is 1. The minimum absolute atomic E-state index is 0.0804. The van der Waals surface area contributed by atoms with E-state index in [1.165, 1.54) is 24.3 Å². The molecule has 0 aromatic heterocycles. The molecule has 1 rings (SSSR count). The average Bonchev–Trinajstić information content (AvgIpc) is 2.38. The minimum atomic E-state index is -4.13. The number of aliphatic hydroxyl groups excluding tert-OH is 1. The van der Waals surface area contributed by atoms with Crippen molar-refractivity contribution in [2.75, 3.05) is 6.61 Å². The summed E-state index contributed by atoms with van der Waals surface area (Å²) in [6, 6.07) is 5.73. The van der Waals surface area contributed by atoms with Gasteiger partial charge < -0.3 is 10.2 Å². The van der Waals surface area contributed by atoms with Gasteiger partial charge in [-0.05, 0) is 18.6 Å². The number of carboxylic acid groups (broad SMARTS) is 1. The molecule has 0 aliphatic heterocycles. The standard InChI is InChI=1S/C11H12N2O5S/c12-7-8-3-1-2-4-10(8)19(17,18)13-9(5-6-14)11(15)16/h1-4,9,13-14H,5-6H2,(H,15,16)/t9-/m1/s1. The lowest BCUT2D eigenvalue weighted by Crippen LogP contribution is -2.41. The fourth-order valence-corrected chi connectivity index (χ4v) is 2.79. The van der Waals surface area contributed by atoms with E-state index in [2.05, 4.69) is 0 Å². The summed E-state index contributed by atoms with van der Waals surface area (Å²) >= 11 is 0. The highest BCUT2D eigenvalue weighted by Crippen LogP contribution is 2.15. The third kappa shape index (κ3) is 3.75. The molecule has 0 spiro atoms. The van der Waals surface area contributed by atoms with Gasteiger partial charge in [-0.15, -0.1) is 0 Å². The van der Waals surface area contributed by atoms with Crippen LogP contribution in [0.5, 0.6) is 0 Å². The van der Waals surface area contributed by atoms with Crippen molar-refractivity contribution in [1.82, 2.24) is 4.72 Å². The Morgan fingerprint density at radius 3 is 2.58 bits per heavy atom. The zero-order valence-corrected chi connectivity index (χ0v) is 10.6. The van der Waals surface area contributed by atoms with Gasteiger partial charge in [-0.3, -0.25) is 4.79 Å². The molecule has 0 aliphatic carbocycles. The molecule has 0 unspecified atom stereocenters. The first-order chi connectivity index (χ1) is 8.92. The van der Waals surface area contributed by atoms with Crippen molar-refractivity contribution in [3.05, 3.63) is 29.8 Å². The third-order valence-electron chi connectivity index (χ3n) is 2.31. The summed E-state index contributed by atoms with van der Waals surface area (Å²) in [5, 5.41) is 26.4. The number of hydrogen-bond donors (Lipinski definition) is 3. The highest BCUT2D eigenvalue weighted by molar-refractivity contribution is 7.89. The lowest BCUT2D eigenvalue weighted by molar-refractivity contribution is -0.139. The first-order valence-corrected chi connectivity index (χ1v) is 6.76. The van der Waals surface area contributed by atoms with Crippen molar-refractivity contribution in [3.8, 4) is 6.07 Å². The van der Waals surface area contributed by atoms with E-state index >= 15 is 0 Å². The molecule has 0 heterocycles. The number of aliphatic carboxylic acids is 1. The SMILES string of the molecule is N#Cc1ccccc1S(=O)(=O)N[C@H](CCO)C(=O)O. The van der Waals surface area contributed by atoms with E-state index in [0.29, 0.717) is 0 Å². The monoisotopic (exact) mass is 284 g/mol. The molecule has 102 valence electrons. The van der Waals surface area contributed by atoms with Crippen molar-refractivity contribution < 1.29 is 23.4 Å². The van der Waals surface area contributed by atoms with Crippen LogP contribution in [0.25, 0.3) is 0 Å². The quantitative estimate of drug-likeness (QED) is 0.656. The van der Waals surface area contributed by atoms with Crippen LogP contribution in [0.4, 0.5) is 0 Å². The summed E-state index contributed by atoms with van der Waals surface area (Å²) in [7, 11) is -4.13. The normalized spacial score (nSPS) is 12.6. The molecular formula is C11H12N2O5S. The Morgan fingerprint density at radius 1 is 1.42 bits per heavy atom. The topological polar surface area (TPSA) is 127 Å². The molecule has 19 heavy (non-hydrogen) atoms. The summed E-state index contributed by atoms with van der Waals surface area (Å²) in [4.78, 5) is 10.6. The van der Waals surface area contributed by atoms with Gasteiger partial charge in [0.15, 0.2) is 0 Å². The van der Waals surface area contributed by atoms with E-state index in [9.17, 15) is 13.2 Å². The molecule has 7 nitrogen and oxygen atoms in total. The van der Waals surface area contributed by atoms with Crippen LogP contribution in [0.15, 0.2) is 29.2 Å². The molecule has 0 amide bonds. The molecule has 0 saturated heterocycles. The maximum Gasteiger partial charge on any atom is 0.321 e. The zero-order valence-electron chi connectivity index (χ0n) is 9.78. The van der Waals surface area contributed by atoms with Gasteiger partial charge in [-0.2, -0.15) is 9.98 Å². The first kappa shape index (κ1) is 15.1. The lowest BCUT2D eigenvalue weighted by atomic mass is 10.2. The highest BCUT2D eigenvalue weighted by Gasteiger charge is 2.26. The van der Waals surface area contributed by atoms with Crippen molar-refractivity contribution in [2.24, 2.45) is 0 Å². The molecule has 1 atom stereocenters. The van der Waals surface area contributed by atoms with Crippen LogP contribution in [0.3, 0.4) is 0 Å². The van der Waals surface area contributed by atoms with E-state index < -0.39 is 28.6 Å². The van der Waals surface area contributed by atoms with Crippen molar-refractivity contribution in [1.29, 1.82) is 5.26 Å². The van der Waals surface area contributed by atoms with Gasteiger partial charge in [0.1, 0.15) is 12.1 Å². The highest BCUT2D eigenvalue weighted by atomic mass is 32.2. The molecule has 3 N–H and O–H groups in total. The predicted molar refractivity (Wildman–Crippen MR) is 64.6 cm³/mol. The average molecular weight is 284 g/mol. The second kappa shape index (κ2) is 6.29. The minimum Gasteiger partial charge on any atom is -0.480 e. The van der Waals surface area contributed by atoms with E-state index in [1.807, 2.05) is 4.72 Å². The fourth-order valence-electron chi connectivity index (χ4n) is 1.41. The molecule has 0 aliphatic rings. The van der Waals surface area contributed by atoms with E-state index in [-0.39, 0.29) is 16.9 Å². The Hall–Kier alpha value is -1.95. The molecule has 0 radical (unpaired) electrons. The Kier molecular flexibility index (Phi) is 5.00. The maximum absolute atomic E-state index is 12.0. The second-order valence-corrected chi connectivity index (χ2v) is 5.31. The van der Waals surface area contributed by atoms with Crippen molar-refractivity contribution in [2.45, 2.75) is 17.4 Å². The number of rotatable bonds is 6. The number of nitrogens with one attached hydrogen (secondary N) is 1. The van der Waals surface area contributed by atoms with E-state index in [1.54, 1.807) is 6.07 Å². The smallest absolute Gasteiger partial charge is 0.321 e. The van der Waals surface area contributed by atoms with Crippen molar-refractivity contribution >= 4 is 16.0 Å². The number of nitrogens with zero attached hydrogens (tertiary/aromatic N) is 1. The Bertz CT molecular complexity index is 606. The summed E-state index contributed by atoms with van der Waals surface area (Å²) in [6.45, 7) is -0.473. The first-order valence-electron chi connectivity index (χ1n) is 5.27. The number of carbonyl (C=O) groups is 1. The van der Waals surface area contributed by atoms with Gasteiger partial charge in [-0.1, -0.05) is 12.1 Å². The molecule has 0 bridgehead atoms. The lowest BCUT2D eigenvalue weighted by Gasteiger charge is -2.14. The molecule has 0 fully saturated rings. The van der Waals surface area contributed by atoms with Gasteiger partial charge in [0.25, 0.3) is 0 Å². The van der Waals surface area contributed by atoms with Gasteiger partial charge in [0.2, 0.25) is 10.0 Å². The van der Waals surface area contributed by atoms with Crippen LogP contribution >= 0.6 is 0 Å².